The van der Waals surface area contributed by atoms with Gasteiger partial charge in [-0.3, -0.25) is 0 Å². The van der Waals surface area contributed by atoms with Crippen LogP contribution in [0, 0.1) is 0 Å². The van der Waals surface area contributed by atoms with Gasteiger partial charge in [0, 0.05) is 6.10 Å². The largest absolute Gasteiger partial charge is 0.489 e. The molecule has 0 bridgehead atoms. The quantitative estimate of drug-likeness (QED) is 0.662. The number of hydrogen-bond donors (Lipinski definition) is 0. The van der Waals surface area contributed by atoms with Crippen LogP contribution < -0.4 is 0 Å². The van der Waals surface area contributed by atoms with E-state index in [4.69, 9.17) is 9.31 Å². The molecule has 15 heavy (non-hydrogen) atoms. The van der Waals surface area contributed by atoms with E-state index in [1.165, 1.54) is 6.42 Å². The van der Waals surface area contributed by atoms with Crippen LogP contribution in [0.4, 0.5) is 0 Å². The molecule has 1 aliphatic rings. The molecule has 0 aromatic carbocycles. The summed E-state index contributed by atoms with van der Waals surface area (Å²) in [6.45, 7) is 12.6. The fourth-order valence-electron chi connectivity index (χ4n) is 2.02. The summed E-state index contributed by atoms with van der Waals surface area (Å²) >= 11 is 0. The summed E-state index contributed by atoms with van der Waals surface area (Å²) < 4.78 is 11.6. The molecule has 1 atom stereocenters. The summed E-state index contributed by atoms with van der Waals surface area (Å²) in [5.74, 6) is 0. The highest BCUT2D eigenvalue weighted by atomic mass is 16.6. The van der Waals surface area contributed by atoms with Crippen LogP contribution >= 0.6 is 0 Å². The van der Waals surface area contributed by atoms with Crippen LogP contribution in [0.25, 0.3) is 0 Å². The third-order valence-corrected chi connectivity index (χ3v) is 2.75. The Balaban J connectivity index is 2.50. The molecular weight excluding hydrogens is 187 g/mol. The standard InChI is InChI=1S/C12H23BO2/c1-6-7-8-10(2)13-14-11(3)9-12(4,5)15-13/h11H,2,6-9H2,1,3-5H3. The Morgan fingerprint density at radius 3 is 2.73 bits per heavy atom. The number of rotatable bonds is 4. The van der Waals surface area contributed by atoms with Crippen LogP contribution in [-0.2, 0) is 9.31 Å². The second-order valence-electron chi connectivity index (χ2n) is 5.12. The van der Waals surface area contributed by atoms with Crippen LogP contribution in [0.5, 0.6) is 0 Å². The fraction of sp³-hybridized carbons (Fsp3) is 0.833. The number of hydrogen-bond acceptors (Lipinski definition) is 2. The summed E-state index contributed by atoms with van der Waals surface area (Å²) in [7, 11) is -0.199. The molecule has 0 saturated carbocycles. The molecule has 1 aliphatic heterocycles. The molecule has 0 spiro atoms. The summed E-state index contributed by atoms with van der Waals surface area (Å²) in [4.78, 5) is 0. The maximum Gasteiger partial charge on any atom is 0.489 e. The van der Waals surface area contributed by atoms with Crippen LogP contribution in [0.3, 0.4) is 0 Å². The van der Waals surface area contributed by atoms with Crippen molar-refractivity contribution < 1.29 is 9.31 Å². The Hall–Kier alpha value is -0.275. The molecule has 0 aromatic heterocycles. The van der Waals surface area contributed by atoms with Gasteiger partial charge in [0.05, 0.1) is 5.60 Å². The minimum absolute atomic E-state index is 0.0858. The topological polar surface area (TPSA) is 18.5 Å². The van der Waals surface area contributed by atoms with Crippen molar-refractivity contribution in [2.45, 2.75) is 65.1 Å². The molecule has 1 saturated heterocycles. The number of unbranched alkanes of at least 4 members (excludes halogenated alkanes) is 1. The van der Waals surface area contributed by atoms with E-state index in [2.05, 4.69) is 34.3 Å². The van der Waals surface area contributed by atoms with E-state index in [-0.39, 0.29) is 18.8 Å². The first-order valence-electron chi connectivity index (χ1n) is 5.95. The smallest absolute Gasteiger partial charge is 0.405 e. The van der Waals surface area contributed by atoms with Crippen molar-refractivity contribution >= 4 is 7.12 Å². The van der Waals surface area contributed by atoms with Crippen LogP contribution in [0.2, 0.25) is 0 Å². The highest BCUT2D eigenvalue weighted by Gasteiger charge is 2.38. The predicted molar refractivity (Wildman–Crippen MR) is 64.7 cm³/mol. The maximum absolute atomic E-state index is 5.88. The third kappa shape index (κ3) is 4.00. The molecule has 2 nitrogen and oxygen atoms in total. The summed E-state index contributed by atoms with van der Waals surface area (Å²) in [5, 5.41) is 0. The zero-order valence-corrected chi connectivity index (χ0v) is 10.5. The van der Waals surface area contributed by atoms with Crippen LogP contribution in [-0.4, -0.2) is 18.8 Å². The van der Waals surface area contributed by atoms with Crippen molar-refractivity contribution in [1.29, 1.82) is 0 Å². The van der Waals surface area contributed by atoms with Gasteiger partial charge in [0.1, 0.15) is 0 Å². The summed E-state index contributed by atoms with van der Waals surface area (Å²) in [6.07, 6.45) is 4.56. The first-order chi connectivity index (χ1) is 6.94. The van der Waals surface area contributed by atoms with Gasteiger partial charge in [-0.15, -0.1) is 6.58 Å². The van der Waals surface area contributed by atoms with Crippen molar-refractivity contribution in [3.05, 3.63) is 12.1 Å². The van der Waals surface area contributed by atoms with E-state index < -0.39 is 0 Å². The average Bonchev–Trinajstić information content (AvgIpc) is 2.10. The molecule has 0 radical (unpaired) electrons. The van der Waals surface area contributed by atoms with Gasteiger partial charge in [0.2, 0.25) is 0 Å². The Kier molecular flexibility index (Phi) is 4.41. The summed E-state index contributed by atoms with van der Waals surface area (Å²) in [5.41, 5.74) is 0.994. The predicted octanol–water partition coefficient (Wildman–Crippen LogP) is 3.36. The highest BCUT2D eigenvalue weighted by Crippen LogP contribution is 2.28. The first-order valence-corrected chi connectivity index (χ1v) is 5.95. The van der Waals surface area contributed by atoms with Gasteiger partial charge in [0.15, 0.2) is 0 Å². The lowest BCUT2D eigenvalue weighted by Gasteiger charge is -2.38. The first kappa shape index (κ1) is 12.8. The van der Waals surface area contributed by atoms with Gasteiger partial charge in [-0.05, 0) is 39.1 Å². The van der Waals surface area contributed by atoms with E-state index in [1.54, 1.807) is 0 Å². The third-order valence-electron chi connectivity index (χ3n) is 2.75. The van der Waals surface area contributed by atoms with Crippen LogP contribution in [0.15, 0.2) is 12.1 Å². The SMILES string of the molecule is C=C(CCCC)B1OC(C)CC(C)(C)O1. The molecule has 0 N–H and O–H groups in total. The average molecular weight is 210 g/mol. The van der Waals surface area contributed by atoms with E-state index in [0.29, 0.717) is 0 Å². The van der Waals surface area contributed by atoms with Gasteiger partial charge in [-0.2, -0.15) is 0 Å². The van der Waals surface area contributed by atoms with Crippen LogP contribution in [0.1, 0.15) is 53.4 Å². The van der Waals surface area contributed by atoms with E-state index in [9.17, 15) is 0 Å². The van der Waals surface area contributed by atoms with Crippen molar-refractivity contribution in [3.8, 4) is 0 Å². The minimum atomic E-state index is -0.199. The zero-order valence-electron chi connectivity index (χ0n) is 10.5. The highest BCUT2D eigenvalue weighted by molar-refractivity contribution is 6.53. The lowest BCUT2D eigenvalue weighted by molar-refractivity contribution is -0.0253. The van der Waals surface area contributed by atoms with Gasteiger partial charge in [-0.25, -0.2) is 0 Å². The second kappa shape index (κ2) is 5.17. The van der Waals surface area contributed by atoms with Crippen molar-refractivity contribution in [3.63, 3.8) is 0 Å². The van der Waals surface area contributed by atoms with E-state index >= 15 is 0 Å². The lowest BCUT2D eigenvalue weighted by Crippen LogP contribution is -2.46. The van der Waals surface area contributed by atoms with Gasteiger partial charge in [-0.1, -0.05) is 19.8 Å². The Morgan fingerprint density at radius 2 is 2.20 bits per heavy atom. The molecule has 0 amide bonds. The monoisotopic (exact) mass is 210 g/mol. The van der Waals surface area contributed by atoms with Crippen molar-refractivity contribution in [2.24, 2.45) is 0 Å². The van der Waals surface area contributed by atoms with E-state index in [0.717, 1.165) is 24.7 Å². The normalized spacial score (nSPS) is 25.3. The van der Waals surface area contributed by atoms with Gasteiger partial charge in [0.25, 0.3) is 0 Å². The molecule has 1 heterocycles. The molecule has 86 valence electrons. The minimum Gasteiger partial charge on any atom is -0.405 e. The molecule has 1 rings (SSSR count). The summed E-state index contributed by atoms with van der Waals surface area (Å²) in [6, 6.07) is 0. The Morgan fingerprint density at radius 1 is 1.53 bits per heavy atom. The number of allylic oxidation sites excluding steroid dienone is 1. The molecule has 1 fully saturated rings. The molecule has 0 aliphatic carbocycles. The molecular formula is C12H23BO2. The molecule has 3 heteroatoms. The lowest BCUT2D eigenvalue weighted by atomic mass is 9.73. The van der Waals surface area contributed by atoms with Gasteiger partial charge < -0.3 is 9.31 Å². The molecule has 0 aromatic rings. The fourth-order valence-corrected chi connectivity index (χ4v) is 2.02. The molecule has 1 unspecified atom stereocenters. The van der Waals surface area contributed by atoms with Gasteiger partial charge >= 0.3 is 7.12 Å². The Bertz CT molecular complexity index is 226. The Labute approximate surface area is 94.2 Å². The maximum atomic E-state index is 5.88. The van der Waals surface area contributed by atoms with Crippen molar-refractivity contribution in [1.82, 2.24) is 0 Å². The zero-order chi connectivity index (χ0) is 11.5. The van der Waals surface area contributed by atoms with E-state index in [1.807, 2.05) is 0 Å². The van der Waals surface area contributed by atoms with Crippen molar-refractivity contribution in [2.75, 3.05) is 0 Å². The second-order valence-corrected chi connectivity index (χ2v) is 5.12.